The highest BCUT2D eigenvalue weighted by atomic mass is 16.5. The van der Waals surface area contributed by atoms with Crippen molar-refractivity contribution in [1.82, 2.24) is 0 Å². The molecule has 0 aliphatic heterocycles. The van der Waals surface area contributed by atoms with E-state index in [1.807, 2.05) is 12.2 Å². The molecular weight excluding hydrogens is 356 g/mol. The zero-order valence-electron chi connectivity index (χ0n) is 16.7. The molecule has 0 saturated heterocycles. The molecule has 4 aliphatic carbocycles. The smallest absolute Gasteiger partial charge is 0.303 e. The topological polar surface area (TPSA) is 80.7 Å². The Kier molecular flexibility index (Phi) is 4.49. The number of esters is 1. The van der Waals surface area contributed by atoms with Crippen LogP contribution in [0.3, 0.4) is 0 Å². The molecule has 7 atom stereocenters. The van der Waals surface area contributed by atoms with Gasteiger partial charge in [-0.2, -0.15) is 0 Å². The van der Waals surface area contributed by atoms with E-state index in [0.717, 1.165) is 18.4 Å². The van der Waals surface area contributed by atoms with E-state index >= 15 is 0 Å². The fourth-order valence-corrected chi connectivity index (χ4v) is 6.53. The van der Waals surface area contributed by atoms with E-state index < -0.39 is 12.1 Å². The van der Waals surface area contributed by atoms with Gasteiger partial charge in [-0.05, 0) is 48.7 Å². The molecule has 2 fully saturated rings. The summed E-state index contributed by atoms with van der Waals surface area (Å²) in [7, 11) is 0. The van der Waals surface area contributed by atoms with Gasteiger partial charge in [-0.3, -0.25) is 14.4 Å². The van der Waals surface area contributed by atoms with Crippen molar-refractivity contribution in [1.29, 1.82) is 0 Å². The molecule has 0 aromatic heterocycles. The van der Waals surface area contributed by atoms with Gasteiger partial charge in [-0.1, -0.05) is 37.6 Å². The van der Waals surface area contributed by atoms with E-state index in [1.54, 1.807) is 12.2 Å². The van der Waals surface area contributed by atoms with Crippen LogP contribution in [-0.2, 0) is 19.1 Å². The van der Waals surface area contributed by atoms with Crippen molar-refractivity contribution in [3.63, 3.8) is 0 Å². The average Bonchev–Trinajstić information content (AvgIpc) is 2.96. The van der Waals surface area contributed by atoms with Crippen LogP contribution >= 0.6 is 0 Å². The lowest BCUT2D eigenvalue weighted by Gasteiger charge is -2.58. The lowest BCUT2D eigenvalue weighted by Crippen LogP contribution is -2.56. The summed E-state index contributed by atoms with van der Waals surface area (Å²) in [4.78, 5) is 35.7. The second-order valence-corrected chi connectivity index (χ2v) is 9.33. The maximum Gasteiger partial charge on any atom is 0.303 e. The predicted octanol–water partition coefficient (Wildman–Crippen LogP) is 2.79. The zero-order valence-corrected chi connectivity index (χ0v) is 16.7. The summed E-state index contributed by atoms with van der Waals surface area (Å²) in [6.45, 7) is 5.30. The molecule has 0 spiro atoms. The third kappa shape index (κ3) is 2.74. The second kappa shape index (κ2) is 6.51. The van der Waals surface area contributed by atoms with Crippen LogP contribution in [-0.4, -0.2) is 35.4 Å². The molecule has 0 bridgehead atoms. The van der Waals surface area contributed by atoms with E-state index in [-0.39, 0.29) is 52.7 Å². The van der Waals surface area contributed by atoms with Crippen molar-refractivity contribution in [2.45, 2.75) is 46.1 Å². The number of fused-ring (bicyclic) bond motifs is 5. The van der Waals surface area contributed by atoms with Gasteiger partial charge in [-0.25, -0.2) is 0 Å². The Balaban J connectivity index is 1.63. The number of carbonyl (C=O) groups is 3. The molecule has 4 rings (SSSR count). The molecule has 28 heavy (non-hydrogen) atoms. The van der Waals surface area contributed by atoms with Gasteiger partial charge in [0.2, 0.25) is 0 Å². The maximum absolute atomic E-state index is 12.7. The molecule has 4 aliphatic rings. The monoisotopic (exact) mass is 384 g/mol. The van der Waals surface area contributed by atoms with Crippen molar-refractivity contribution >= 4 is 17.5 Å². The van der Waals surface area contributed by atoms with E-state index in [2.05, 4.69) is 19.9 Å². The van der Waals surface area contributed by atoms with Crippen LogP contribution in [0.5, 0.6) is 0 Å². The summed E-state index contributed by atoms with van der Waals surface area (Å²) < 4.78 is 4.94. The molecule has 5 nitrogen and oxygen atoms in total. The molecule has 0 radical (unpaired) electrons. The molecule has 1 N–H and O–H groups in total. The van der Waals surface area contributed by atoms with Gasteiger partial charge in [0, 0.05) is 24.2 Å². The van der Waals surface area contributed by atoms with Gasteiger partial charge >= 0.3 is 5.97 Å². The molecule has 5 heteroatoms. The number of aliphatic hydroxyl groups is 1. The lowest BCUT2D eigenvalue weighted by atomic mass is 9.46. The van der Waals surface area contributed by atoms with E-state index in [0.29, 0.717) is 6.42 Å². The first-order chi connectivity index (χ1) is 13.2. The fraction of sp³-hybridized carbons (Fsp3) is 0.609. The Morgan fingerprint density at radius 2 is 2.04 bits per heavy atom. The Labute approximate surface area is 165 Å². The number of aliphatic hydroxyl groups excluding tert-OH is 1. The van der Waals surface area contributed by atoms with Crippen LogP contribution in [0.1, 0.15) is 40.0 Å². The Bertz CT molecular complexity index is 821. The van der Waals surface area contributed by atoms with Crippen molar-refractivity contribution in [3.05, 3.63) is 36.0 Å². The van der Waals surface area contributed by atoms with Crippen LogP contribution in [0.4, 0.5) is 0 Å². The summed E-state index contributed by atoms with van der Waals surface area (Å²) in [6.07, 6.45) is 11.2. The number of hydrogen-bond donors (Lipinski definition) is 1. The van der Waals surface area contributed by atoms with Crippen LogP contribution in [0.25, 0.3) is 0 Å². The van der Waals surface area contributed by atoms with Crippen molar-refractivity contribution < 1.29 is 24.2 Å². The first-order valence-corrected chi connectivity index (χ1v) is 10.1. The minimum Gasteiger partial charge on any atom is -0.458 e. The van der Waals surface area contributed by atoms with E-state index in [4.69, 9.17) is 4.74 Å². The number of ketones is 2. The normalized spacial score (nSPS) is 43.6. The number of rotatable bonds is 3. The summed E-state index contributed by atoms with van der Waals surface area (Å²) in [5.41, 5.74) is 0.433. The minimum atomic E-state index is -0.554. The molecule has 2 saturated carbocycles. The van der Waals surface area contributed by atoms with Gasteiger partial charge < -0.3 is 9.84 Å². The molecule has 150 valence electrons. The van der Waals surface area contributed by atoms with Crippen LogP contribution < -0.4 is 0 Å². The van der Waals surface area contributed by atoms with Crippen LogP contribution in [0, 0.1) is 34.5 Å². The Hall–Kier alpha value is -2.01. The molecular formula is C23H28O5. The summed E-state index contributed by atoms with van der Waals surface area (Å²) in [5, 5.41) is 11.2. The predicted molar refractivity (Wildman–Crippen MR) is 103 cm³/mol. The highest BCUT2D eigenvalue weighted by Gasteiger charge is 2.61. The van der Waals surface area contributed by atoms with Crippen molar-refractivity contribution in [3.8, 4) is 0 Å². The number of carbonyl (C=O) groups excluding carboxylic acids is 3. The molecule has 0 unspecified atom stereocenters. The second-order valence-electron chi connectivity index (χ2n) is 9.33. The van der Waals surface area contributed by atoms with Crippen molar-refractivity contribution in [2.24, 2.45) is 34.5 Å². The summed E-state index contributed by atoms with van der Waals surface area (Å²) in [5.74, 6) is -0.416. The quantitative estimate of drug-likeness (QED) is 0.598. The van der Waals surface area contributed by atoms with E-state index in [9.17, 15) is 19.5 Å². The number of hydrogen-bond acceptors (Lipinski definition) is 5. The molecule has 0 aromatic rings. The van der Waals surface area contributed by atoms with Crippen LogP contribution in [0.15, 0.2) is 36.0 Å². The molecule has 0 heterocycles. The zero-order chi connectivity index (χ0) is 20.3. The summed E-state index contributed by atoms with van der Waals surface area (Å²) in [6, 6.07) is 0. The maximum atomic E-state index is 12.7. The first kappa shape index (κ1) is 19.3. The standard InChI is InChI=1S/C23H28O5/c1-13(24)28-12-20(27)18-7-6-17-16-5-4-14-10-15(25)8-9-22(14,2)21(16)19(26)11-23(17,18)3/h6-10,16-19,21,26H,4-5,11-12H2,1-3H3/t16-,17-,18+,19-,21+,22-,23-/m0/s1. The van der Waals surface area contributed by atoms with Gasteiger partial charge in [0.25, 0.3) is 0 Å². The third-order valence-corrected chi connectivity index (χ3v) is 7.78. The highest BCUT2D eigenvalue weighted by Crippen LogP contribution is 2.64. The van der Waals surface area contributed by atoms with Gasteiger partial charge in [0.15, 0.2) is 18.2 Å². The summed E-state index contributed by atoms with van der Waals surface area (Å²) >= 11 is 0. The Morgan fingerprint density at radius 3 is 2.75 bits per heavy atom. The van der Waals surface area contributed by atoms with Crippen molar-refractivity contribution in [2.75, 3.05) is 6.61 Å². The highest BCUT2D eigenvalue weighted by molar-refractivity contribution is 6.01. The van der Waals surface area contributed by atoms with Gasteiger partial charge in [0.05, 0.1) is 6.10 Å². The third-order valence-electron chi connectivity index (χ3n) is 7.78. The van der Waals surface area contributed by atoms with Crippen LogP contribution in [0.2, 0.25) is 0 Å². The minimum absolute atomic E-state index is 0.0259. The first-order valence-electron chi connectivity index (χ1n) is 10.1. The lowest BCUT2D eigenvalue weighted by molar-refractivity contribution is -0.151. The molecule has 0 aromatic carbocycles. The molecule has 0 amide bonds. The van der Waals surface area contributed by atoms with Gasteiger partial charge in [0.1, 0.15) is 0 Å². The number of Topliss-reactive ketones (excluding diaryl/α,β-unsaturated/α-hetero) is 1. The number of ether oxygens (including phenoxy) is 1. The Morgan fingerprint density at radius 1 is 1.29 bits per heavy atom. The SMILES string of the molecule is CC(=O)OCC(=O)[C@H]1C=C[C@H]2[C@@H]3CCC4=CC(=O)C=C[C@]4(C)[C@H]3[C@@H](O)C[C@]12C. The van der Waals surface area contributed by atoms with Gasteiger partial charge in [-0.15, -0.1) is 0 Å². The number of allylic oxidation sites excluding steroid dienone is 6. The average molecular weight is 384 g/mol. The fourth-order valence-electron chi connectivity index (χ4n) is 6.53. The largest absolute Gasteiger partial charge is 0.458 e. The van der Waals surface area contributed by atoms with E-state index in [1.165, 1.54) is 6.92 Å².